The van der Waals surface area contributed by atoms with Crippen LogP contribution in [0.15, 0.2) is 36.4 Å². The summed E-state index contributed by atoms with van der Waals surface area (Å²) in [5.74, 6) is 0.859. The number of nitrogens with zero attached hydrogens (tertiary/aromatic N) is 2. The van der Waals surface area contributed by atoms with Gasteiger partial charge in [-0.2, -0.15) is 13.2 Å². The molecule has 0 radical (unpaired) electrons. The highest BCUT2D eigenvalue weighted by Gasteiger charge is 2.32. The largest absolute Gasteiger partial charge is 0.454 e. The van der Waals surface area contributed by atoms with Gasteiger partial charge in [-0.1, -0.05) is 6.07 Å². The molecule has 2 aliphatic rings. The number of nitrogens with one attached hydrogen (secondary N) is 1. The Balaban J connectivity index is 1.44. The number of nitro benzene ring substituents is 1. The van der Waals surface area contributed by atoms with E-state index < -0.39 is 16.7 Å². The highest BCUT2D eigenvalue weighted by atomic mass is 19.4. The molecule has 2 aromatic carbocycles. The lowest BCUT2D eigenvalue weighted by molar-refractivity contribution is -0.914. The maximum atomic E-state index is 12.9. The molecule has 0 bridgehead atoms. The van der Waals surface area contributed by atoms with Crippen molar-refractivity contribution in [1.29, 1.82) is 0 Å². The Morgan fingerprint density at radius 2 is 1.79 bits per heavy atom. The summed E-state index contributed by atoms with van der Waals surface area (Å²) in [5, 5.41) is 11.4. The highest BCUT2D eigenvalue weighted by Crippen LogP contribution is 2.37. The average Bonchev–Trinajstić information content (AvgIpc) is 3.15. The normalized spacial score (nSPS) is 16.9. The second kappa shape index (κ2) is 7.43. The SMILES string of the molecule is O=[N+]([O-])c1cc2c(cc1C[NH+]1CCN(c3cccc(C(F)(F)F)c3)CC1)OCO2. The maximum Gasteiger partial charge on any atom is 0.416 e. The lowest BCUT2D eigenvalue weighted by Gasteiger charge is -2.34. The van der Waals surface area contributed by atoms with Crippen molar-refractivity contribution in [3.63, 3.8) is 0 Å². The minimum absolute atomic E-state index is 0.0120. The number of nitro groups is 1. The lowest BCUT2D eigenvalue weighted by atomic mass is 10.1. The van der Waals surface area contributed by atoms with Crippen molar-refractivity contribution >= 4 is 11.4 Å². The Labute approximate surface area is 164 Å². The number of hydrogen-bond acceptors (Lipinski definition) is 5. The van der Waals surface area contributed by atoms with E-state index in [1.54, 1.807) is 12.1 Å². The standard InChI is InChI=1S/C19H18F3N3O4/c20-19(21,22)14-2-1-3-15(9-14)24-6-4-23(5-7-24)11-13-8-17-18(29-12-28-17)10-16(13)25(26)27/h1-3,8-10H,4-7,11-12H2/p+1. The molecule has 0 aromatic heterocycles. The molecule has 2 aromatic rings. The van der Waals surface area contributed by atoms with E-state index in [-0.39, 0.29) is 12.5 Å². The molecule has 0 atom stereocenters. The molecular weight excluding hydrogens is 391 g/mol. The summed E-state index contributed by atoms with van der Waals surface area (Å²) in [6, 6.07) is 8.33. The number of alkyl halides is 3. The first-order valence-electron chi connectivity index (χ1n) is 9.14. The van der Waals surface area contributed by atoms with E-state index in [4.69, 9.17) is 9.47 Å². The van der Waals surface area contributed by atoms with Crippen molar-refractivity contribution in [3.05, 3.63) is 57.6 Å². The smallest absolute Gasteiger partial charge is 0.416 e. The van der Waals surface area contributed by atoms with Crippen molar-refractivity contribution in [1.82, 2.24) is 0 Å². The third kappa shape index (κ3) is 4.07. The van der Waals surface area contributed by atoms with Gasteiger partial charge in [0, 0.05) is 5.69 Å². The van der Waals surface area contributed by atoms with E-state index in [1.807, 2.05) is 4.90 Å². The topological polar surface area (TPSA) is 69.3 Å². The molecule has 2 aliphatic heterocycles. The van der Waals surface area contributed by atoms with Gasteiger partial charge in [0.2, 0.25) is 6.79 Å². The van der Waals surface area contributed by atoms with Crippen molar-refractivity contribution < 1.29 is 32.5 Å². The summed E-state index contributed by atoms with van der Waals surface area (Å²) in [6.45, 7) is 2.91. The van der Waals surface area contributed by atoms with Gasteiger partial charge in [-0.15, -0.1) is 0 Å². The zero-order valence-electron chi connectivity index (χ0n) is 15.4. The number of rotatable bonds is 4. The number of piperazine rings is 1. The molecule has 4 rings (SSSR count). The Hall–Kier alpha value is -3.01. The fourth-order valence-corrected chi connectivity index (χ4v) is 3.69. The first kappa shape index (κ1) is 19.3. The molecule has 2 heterocycles. The van der Waals surface area contributed by atoms with E-state index in [1.165, 1.54) is 12.1 Å². The van der Waals surface area contributed by atoms with E-state index >= 15 is 0 Å². The van der Waals surface area contributed by atoms with Crippen LogP contribution in [0.3, 0.4) is 0 Å². The number of quaternary nitrogens is 1. The van der Waals surface area contributed by atoms with Gasteiger partial charge in [-0.25, -0.2) is 0 Å². The molecule has 0 spiro atoms. The number of benzene rings is 2. The van der Waals surface area contributed by atoms with E-state index in [0.717, 1.165) is 17.0 Å². The van der Waals surface area contributed by atoms with Gasteiger partial charge in [-0.05, 0) is 24.3 Å². The van der Waals surface area contributed by atoms with Crippen LogP contribution >= 0.6 is 0 Å². The summed E-state index contributed by atoms with van der Waals surface area (Å²) in [6.07, 6.45) is -4.37. The predicted octanol–water partition coefficient (Wildman–Crippen LogP) is 2.25. The highest BCUT2D eigenvalue weighted by molar-refractivity contribution is 5.55. The number of halogens is 3. The Kier molecular flexibility index (Phi) is 4.95. The number of anilines is 1. The molecule has 0 aliphatic carbocycles. The van der Waals surface area contributed by atoms with Gasteiger partial charge in [0.05, 0.1) is 48.3 Å². The minimum Gasteiger partial charge on any atom is -0.454 e. The zero-order valence-corrected chi connectivity index (χ0v) is 15.4. The molecule has 7 nitrogen and oxygen atoms in total. The predicted molar refractivity (Wildman–Crippen MR) is 97.3 cm³/mol. The Bertz CT molecular complexity index is 927. The Morgan fingerprint density at radius 3 is 2.45 bits per heavy atom. The van der Waals surface area contributed by atoms with Gasteiger partial charge in [0.25, 0.3) is 5.69 Å². The second-order valence-corrected chi connectivity index (χ2v) is 7.05. The summed E-state index contributed by atoms with van der Waals surface area (Å²) in [5.41, 5.74) is 0.414. The third-order valence-corrected chi connectivity index (χ3v) is 5.22. The fourth-order valence-electron chi connectivity index (χ4n) is 3.69. The number of fused-ring (bicyclic) bond motifs is 1. The van der Waals surface area contributed by atoms with Crippen molar-refractivity contribution in [2.24, 2.45) is 0 Å². The van der Waals surface area contributed by atoms with E-state index in [2.05, 4.69) is 0 Å². The molecule has 0 saturated carbocycles. The van der Waals surface area contributed by atoms with Crippen LogP contribution in [0, 0.1) is 10.1 Å². The summed E-state index contributed by atoms with van der Waals surface area (Å²) in [7, 11) is 0. The second-order valence-electron chi connectivity index (χ2n) is 7.05. The minimum atomic E-state index is -4.37. The molecule has 10 heteroatoms. The fraction of sp³-hybridized carbons (Fsp3) is 0.368. The van der Waals surface area contributed by atoms with E-state index in [9.17, 15) is 23.3 Å². The van der Waals surface area contributed by atoms with Crippen LogP contribution in [0.25, 0.3) is 0 Å². The summed E-state index contributed by atoms with van der Waals surface area (Å²) in [4.78, 5) is 14.0. The van der Waals surface area contributed by atoms with Gasteiger partial charge in [-0.3, -0.25) is 10.1 Å². The molecule has 0 amide bonds. The van der Waals surface area contributed by atoms with Crippen LogP contribution in [0.5, 0.6) is 11.5 Å². The quantitative estimate of drug-likeness (QED) is 0.619. The third-order valence-electron chi connectivity index (χ3n) is 5.22. The molecular formula is C19H19F3N3O4+. The first-order chi connectivity index (χ1) is 13.8. The van der Waals surface area contributed by atoms with Crippen LogP contribution < -0.4 is 19.3 Å². The first-order valence-corrected chi connectivity index (χ1v) is 9.14. The lowest BCUT2D eigenvalue weighted by Crippen LogP contribution is -3.13. The van der Waals surface area contributed by atoms with Crippen LogP contribution in [-0.4, -0.2) is 37.9 Å². The zero-order chi connectivity index (χ0) is 20.6. The van der Waals surface area contributed by atoms with E-state index in [0.29, 0.717) is 55.5 Å². The molecule has 29 heavy (non-hydrogen) atoms. The molecule has 1 saturated heterocycles. The number of ether oxygens (including phenoxy) is 2. The molecule has 0 unspecified atom stereocenters. The van der Waals surface area contributed by atoms with Crippen molar-refractivity contribution in [3.8, 4) is 11.5 Å². The molecule has 1 fully saturated rings. The maximum absolute atomic E-state index is 12.9. The van der Waals surface area contributed by atoms with Gasteiger partial charge in [0.15, 0.2) is 11.5 Å². The van der Waals surface area contributed by atoms with Crippen molar-refractivity contribution in [2.75, 3.05) is 37.9 Å². The van der Waals surface area contributed by atoms with Gasteiger partial charge >= 0.3 is 6.18 Å². The van der Waals surface area contributed by atoms with Crippen LogP contribution in [0.1, 0.15) is 11.1 Å². The van der Waals surface area contributed by atoms with Crippen LogP contribution in [0.4, 0.5) is 24.5 Å². The van der Waals surface area contributed by atoms with Crippen LogP contribution in [0.2, 0.25) is 0 Å². The Morgan fingerprint density at radius 1 is 1.10 bits per heavy atom. The van der Waals surface area contributed by atoms with Crippen molar-refractivity contribution in [2.45, 2.75) is 12.7 Å². The number of hydrogen-bond donors (Lipinski definition) is 1. The van der Waals surface area contributed by atoms with Gasteiger partial charge < -0.3 is 19.3 Å². The molecule has 1 N–H and O–H groups in total. The molecule has 154 valence electrons. The monoisotopic (exact) mass is 410 g/mol. The average molecular weight is 410 g/mol. The van der Waals surface area contributed by atoms with Crippen LogP contribution in [-0.2, 0) is 12.7 Å². The summed E-state index contributed by atoms with van der Waals surface area (Å²) < 4.78 is 49.4. The summed E-state index contributed by atoms with van der Waals surface area (Å²) >= 11 is 0. The van der Waals surface area contributed by atoms with Gasteiger partial charge in [0.1, 0.15) is 6.54 Å².